The summed E-state index contributed by atoms with van der Waals surface area (Å²) in [6, 6.07) is 11.4. The summed E-state index contributed by atoms with van der Waals surface area (Å²) in [5, 5.41) is 6.96. The number of carbonyl (C=O) groups excluding carboxylic acids is 1. The molecule has 1 fully saturated rings. The Morgan fingerprint density at radius 1 is 1.04 bits per heavy atom. The summed E-state index contributed by atoms with van der Waals surface area (Å²) in [4.78, 5) is 16.6. The van der Waals surface area contributed by atoms with Crippen molar-refractivity contribution < 1.29 is 4.79 Å². The van der Waals surface area contributed by atoms with Gasteiger partial charge >= 0.3 is 0 Å². The van der Waals surface area contributed by atoms with Gasteiger partial charge in [-0.05, 0) is 37.1 Å². The van der Waals surface area contributed by atoms with Crippen molar-refractivity contribution >= 4 is 28.9 Å². The lowest BCUT2D eigenvalue weighted by molar-refractivity contribution is 0.0928. The summed E-state index contributed by atoms with van der Waals surface area (Å²) in [5.74, 6) is -0.0915. The molecule has 1 saturated carbocycles. The van der Waals surface area contributed by atoms with Gasteiger partial charge in [0.2, 0.25) is 0 Å². The van der Waals surface area contributed by atoms with E-state index in [0.29, 0.717) is 10.7 Å². The van der Waals surface area contributed by atoms with E-state index >= 15 is 0 Å². The van der Waals surface area contributed by atoms with Crippen molar-refractivity contribution in [3.63, 3.8) is 0 Å². The fourth-order valence-electron chi connectivity index (χ4n) is 3.00. The maximum absolute atomic E-state index is 12.3. The highest BCUT2D eigenvalue weighted by molar-refractivity contribution is 6.33. The zero-order valence-corrected chi connectivity index (χ0v) is 14.4. The standard InChI is InChI=1S/C19H22ClN3O/c20-16-9-5-6-10-17(16)22-15-11-12-18(21-13-15)19(24)23-14-7-3-1-2-4-8-14/h5-6,9-14,22H,1-4,7-8H2,(H,23,24). The Balaban J connectivity index is 1.61. The normalized spacial score (nSPS) is 15.5. The first-order valence-electron chi connectivity index (χ1n) is 8.51. The van der Waals surface area contributed by atoms with Gasteiger partial charge < -0.3 is 10.6 Å². The molecule has 24 heavy (non-hydrogen) atoms. The minimum absolute atomic E-state index is 0.0915. The quantitative estimate of drug-likeness (QED) is 0.774. The molecule has 0 atom stereocenters. The number of hydrogen-bond donors (Lipinski definition) is 2. The first-order valence-corrected chi connectivity index (χ1v) is 8.88. The molecule has 3 rings (SSSR count). The number of anilines is 2. The minimum Gasteiger partial charge on any atom is -0.353 e. The number of para-hydroxylation sites is 1. The molecule has 0 aliphatic heterocycles. The van der Waals surface area contributed by atoms with Gasteiger partial charge in [-0.3, -0.25) is 4.79 Å². The van der Waals surface area contributed by atoms with Gasteiger partial charge in [0, 0.05) is 6.04 Å². The third-order valence-corrected chi connectivity index (χ3v) is 4.67. The van der Waals surface area contributed by atoms with Crippen LogP contribution in [0.2, 0.25) is 5.02 Å². The molecule has 5 heteroatoms. The third-order valence-electron chi connectivity index (χ3n) is 4.34. The largest absolute Gasteiger partial charge is 0.353 e. The Morgan fingerprint density at radius 3 is 2.46 bits per heavy atom. The number of amides is 1. The molecular formula is C19H22ClN3O. The van der Waals surface area contributed by atoms with E-state index in [1.807, 2.05) is 30.3 Å². The van der Waals surface area contributed by atoms with Crippen LogP contribution in [0.25, 0.3) is 0 Å². The molecule has 1 aliphatic rings. The summed E-state index contributed by atoms with van der Waals surface area (Å²) in [5.41, 5.74) is 2.06. The van der Waals surface area contributed by atoms with Crippen LogP contribution < -0.4 is 10.6 Å². The molecule has 0 unspecified atom stereocenters. The second kappa shape index (κ2) is 8.15. The summed E-state index contributed by atoms with van der Waals surface area (Å²) in [7, 11) is 0. The van der Waals surface area contributed by atoms with E-state index in [0.717, 1.165) is 24.2 Å². The lowest BCUT2D eigenvalue weighted by atomic mass is 10.1. The van der Waals surface area contributed by atoms with Crippen molar-refractivity contribution in [1.29, 1.82) is 0 Å². The van der Waals surface area contributed by atoms with Crippen LogP contribution in [0, 0.1) is 0 Å². The Labute approximate surface area is 147 Å². The fraction of sp³-hybridized carbons (Fsp3) is 0.368. The van der Waals surface area contributed by atoms with Crippen LogP contribution in [0.4, 0.5) is 11.4 Å². The lowest BCUT2D eigenvalue weighted by Crippen LogP contribution is -2.34. The summed E-state index contributed by atoms with van der Waals surface area (Å²) >= 11 is 6.13. The zero-order chi connectivity index (χ0) is 16.8. The zero-order valence-electron chi connectivity index (χ0n) is 13.6. The molecule has 1 aromatic carbocycles. The molecule has 0 saturated heterocycles. The van der Waals surface area contributed by atoms with Crippen LogP contribution in [0.15, 0.2) is 42.6 Å². The van der Waals surface area contributed by atoms with E-state index in [9.17, 15) is 4.79 Å². The summed E-state index contributed by atoms with van der Waals surface area (Å²) in [6.07, 6.45) is 8.72. The molecule has 2 N–H and O–H groups in total. The predicted octanol–water partition coefficient (Wildman–Crippen LogP) is 4.93. The van der Waals surface area contributed by atoms with Crippen LogP contribution in [-0.4, -0.2) is 16.9 Å². The molecule has 2 aromatic rings. The highest BCUT2D eigenvalue weighted by Gasteiger charge is 2.16. The van der Waals surface area contributed by atoms with Crippen molar-refractivity contribution in [2.75, 3.05) is 5.32 Å². The molecular weight excluding hydrogens is 322 g/mol. The van der Waals surface area contributed by atoms with Crippen LogP contribution in [-0.2, 0) is 0 Å². The van der Waals surface area contributed by atoms with Gasteiger partial charge in [0.05, 0.1) is 22.6 Å². The van der Waals surface area contributed by atoms with E-state index < -0.39 is 0 Å². The van der Waals surface area contributed by atoms with E-state index in [-0.39, 0.29) is 11.9 Å². The number of aromatic nitrogens is 1. The van der Waals surface area contributed by atoms with Crippen molar-refractivity contribution in [3.05, 3.63) is 53.3 Å². The average molecular weight is 344 g/mol. The van der Waals surface area contributed by atoms with Crippen LogP contribution in [0.1, 0.15) is 49.0 Å². The second-order valence-corrected chi connectivity index (χ2v) is 6.61. The number of pyridine rings is 1. The molecule has 4 nitrogen and oxygen atoms in total. The topological polar surface area (TPSA) is 54.0 Å². The predicted molar refractivity (Wildman–Crippen MR) is 97.9 cm³/mol. The number of hydrogen-bond acceptors (Lipinski definition) is 3. The second-order valence-electron chi connectivity index (χ2n) is 6.20. The first kappa shape index (κ1) is 16.8. The summed E-state index contributed by atoms with van der Waals surface area (Å²) < 4.78 is 0. The SMILES string of the molecule is O=C(NC1CCCCCC1)c1ccc(Nc2ccccc2Cl)cn1. The van der Waals surface area contributed by atoms with Gasteiger partial charge in [-0.15, -0.1) is 0 Å². The Bertz CT molecular complexity index is 679. The van der Waals surface area contributed by atoms with Gasteiger partial charge in [-0.1, -0.05) is 49.4 Å². The highest BCUT2D eigenvalue weighted by atomic mass is 35.5. The molecule has 1 heterocycles. The number of benzene rings is 1. The maximum atomic E-state index is 12.3. The van der Waals surface area contributed by atoms with Crippen LogP contribution in [0.3, 0.4) is 0 Å². The number of halogens is 1. The van der Waals surface area contributed by atoms with Gasteiger partial charge in [0.1, 0.15) is 5.69 Å². The molecule has 1 aliphatic carbocycles. The van der Waals surface area contributed by atoms with E-state index in [1.165, 1.54) is 25.7 Å². The Hall–Kier alpha value is -2.07. The number of carbonyl (C=O) groups is 1. The van der Waals surface area contributed by atoms with E-state index in [4.69, 9.17) is 11.6 Å². The van der Waals surface area contributed by atoms with Crippen molar-refractivity contribution in [2.24, 2.45) is 0 Å². The smallest absolute Gasteiger partial charge is 0.270 e. The van der Waals surface area contributed by atoms with Crippen LogP contribution in [0.5, 0.6) is 0 Å². The van der Waals surface area contributed by atoms with Gasteiger partial charge in [0.15, 0.2) is 0 Å². The molecule has 1 aromatic heterocycles. The highest BCUT2D eigenvalue weighted by Crippen LogP contribution is 2.24. The molecule has 0 bridgehead atoms. The molecule has 0 radical (unpaired) electrons. The number of rotatable bonds is 4. The monoisotopic (exact) mass is 343 g/mol. The molecule has 1 amide bonds. The van der Waals surface area contributed by atoms with Gasteiger partial charge in [0.25, 0.3) is 5.91 Å². The average Bonchev–Trinajstić information content (AvgIpc) is 2.86. The van der Waals surface area contributed by atoms with Crippen molar-refractivity contribution in [3.8, 4) is 0 Å². The first-order chi connectivity index (χ1) is 11.7. The molecule has 126 valence electrons. The Morgan fingerprint density at radius 2 is 1.79 bits per heavy atom. The lowest BCUT2D eigenvalue weighted by Gasteiger charge is -2.16. The maximum Gasteiger partial charge on any atom is 0.270 e. The summed E-state index contributed by atoms with van der Waals surface area (Å²) in [6.45, 7) is 0. The van der Waals surface area contributed by atoms with Crippen LogP contribution >= 0.6 is 11.6 Å². The van der Waals surface area contributed by atoms with Gasteiger partial charge in [-0.2, -0.15) is 0 Å². The van der Waals surface area contributed by atoms with E-state index in [2.05, 4.69) is 15.6 Å². The van der Waals surface area contributed by atoms with Gasteiger partial charge in [-0.25, -0.2) is 4.98 Å². The Kier molecular flexibility index (Phi) is 5.70. The van der Waals surface area contributed by atoms with E-state index in [1.54, 1.807) is 12.3 Å². The number of nitrogens with zero attached hydrogens (tertiary/aromatic N) is 1. The van der Waals surface area contributed by atoms with Crippen molar-refractivity contribution in [2.45, 2.75) is 44.6 Å². The fourth-order valence-corrected chi connectivity index (χ4v) is 3.19. The molecule has 0 spiro atoms. The van der Waals surface area contributed by atoms with Crippen molar-refractivity contribution in [1.82, 2.24) is 10.3 Å². The number of nitrogens with one attached hydrogen (secondary N) is 2. The minimum atomic E-state index is -0.0915. The third kappa shape index (κ3) is 4.48.